The highest BCUT2D eigenvalue weighted by Crippen LogP contribution is 2.20. The van der Waals surface area contributed by atoms with E-state index in [0.29, 0.717) is 36.4 Å². The molecule has 1 fully saturated rings. The molecular weight excluding hydrogens is 368 g/mol. The minimum absolute atomic E-state index is 0.170. The van der Waals surface area contributed by atoms with Crippen LogP contribution < -0.4 is 10.3 Å². The number of H-pyrrole nitrogens is 1. The highest BCUT2D eigenvalue weighted by atomic mass is 32.2. The molecule has 0 radical (unpaired) electrons. The van der Waals surface area contributed by atoms with Crippen LogP contribution in [0.1, 0.15) is 34.5 Å². The standard InChI is InChI=1S/C18H22N4O4S/c1-12-3-4-13(2)16(11-12)27(25,26)21-14-7-9-22(10-8-14)18(24)15-5-6-17(23)20-19-15/h3-6,11,14,21H,7-10H2,1-2H3,(H,20,23). The van der Waals surface area contributed by atoms with Gasteiger partial charge in [0.2, 0.25) is 10.0 Å². The summed E-state index contributed by atoms with van der Waals surface area (Å²) in [5.41, 5.74) is 1.38. The molecule has 0 spiro atoms. The topological polar surface area (TPSA) is 112 Å². The molecule has 0 atom stereocenters. The van der Waals surface area contributed by atoms with E-state index in [1.807, 2.05) is 13.0 Å². The van der Waals surface area contributed by atoms with Gasteiger partial charge in [-0.2, -0.15) is 5.10 Å². The van der Waals surface area contributed by atoms with E-state index in [2.05, 4.69) is 14.9 Å². The van der Waals surface area contributed by atoms with Gasteiger partial charge in [0.15, 0.2) is 0 Å². The quantitative estimate of drug-likeness (QED) is 0.808. The zero-order valence-corrected chi connectivity index (χ0v) is 16.0. The second-order valence-corrected chi connectivity index (χ2v) is 8.45. The summed E-state index contributed by atoms with van der Waals surface area (Å²) in [7, 11) is -3.61. The lowest BCUT2D eigenvalue weighted by Gasteiger charge is -2.32. The van der Waals surface area contributed by atoms with Crippen LogP contribution >= 0.6 is 0 Å². The first-order valence-electron chi connectivity index (χ1n) is 8.71. The molecule has 1 amide bonds. The normalized spacial score (nSPS) is 15.7. The van der Waals surface area contributed by atoms with E-state index in [1.165, 1.54) is 12.1 Å². The van der Waals surface area contributed by atoms with Crippen molar-refractivity contribution in [3.63, 3.8) is 0 Å². The van der Waals surface area contributed by atoms with Crippen molar-refractivity contribution in [1.82, 2.24) is 19.8 Å². The molecule has 1 aromatic heterocycles. The maximum Gasteiger partial charge on any atom is 0.274 e. The fourth-order valence-electron chi connectivity index (χ4n) is 3.11. The van der Waals surface area contributed by atoms with Gasteiger partial charge in [-0.15, -0.1) is 0 Å². The molecule has 1 aromatic carbocycles. The first-order chi connectivity index (χ1) is 12.8. The highest BCUT2D eigenvalue weighted by Gasteiger charge is 2.28. The van der Waals surface area contributed by atoms with Gasteiger partial charge in [0, 0.05) is 25.2 Å². The molecule has 2 N–H and O–H groups in total. The summed E-state index contributed by atoms with van der Waals surface area (Å²) in [5.74, 6) is -0.276. The van der Waals surface area contributed by atoms with Crippen LogP contribution in [0.4, 0.5) is 0 Å². The molecule has 0 unspecified atom stereocenters. The van der Waals surface area contributed by atoms with Crippen molar-refractivity contribution in [2.45, 2.75) is 37.6 Å². The van der Waals surface area contributed by atoms with Crippen LogP contribution in [0.25, 0.3) is 0 Å². The molecule has 0 bridgehead atoms. The average Bonchev–Trinajstić information content (AvgIpc) is 2.64. The Balaban J connectivity index is 1.64. The lowest BCUT2D eigenvalue weighted by Crippen LogP contribution is -2.46. The van der Waals surface area contributed by atoms with E-state index < -0.39 is 10.0 Å². The Morgan fingerprint density at radius 2 is 1.89 bits per heavy atom. The molecule has 27 heavy (non-hydrogen) atoms. The van der Waals surface area contributed by atoms with Crippen LogP contribution in [0.2, 0.25) is 0 Å². The van der Waals surface area contributed by atoms with Crippen LogP contribution in [-0.2, 0) is 10.0 Å². The lowest BCUT2D eigenvalue weighted by molar-refractivity contribution is 0.0704. The third-order valence-corrected chi connectivity index (χ3v) is 6.30. The Kier molecular flexibility index (Phi) is 5.43. The Labute approximate surface area is 157 Å². The van der Waals surface area contributed by atoms with E-state index >= 15 is 0 Å². The third kappa shape index (κ3) is 4.42. The number of hydrogen-bond donors (Lipinski definition) is 2. The van der Waals surface area contributed by atoms with E-state index in [9.17, 15) is 18.0 Å². The fourth-order valence-corrected chi connectivity index (χ4v) is 4.74. The largest absolute Gasteiger partial charge is 0.337 e. The predicted molar refractivity (Wildman–Crippen MR) is 100 cm³/mol. The van der Waals surface area contributed by atoms with Gasteiger partial charge < -0.3 is 4.90 Å². The maximum atomic E-state index is 12.7. The van der Waals surface area contributed by atoms with Crippen LogP contribution in [0.15, 0.2) is 40.0 Å². The Hall–Kier alpha value is -2.52. The van der Waals surface area contributed by atoms with Gasteiger partial charge in [0.1, 0.15) is 5.69 Å². The maximum absolute atomic E-state index is 12.7. The van der Waals surface area contributed by atoms with E-state index in [0.717, 1.165) is 5.56 Å². The number of aromatic nitrogens is 2. The minimum Gasteiger partial charge on any atom is -0.337 e. The number of aromatic amines is 1. The molecule has 1 saturated heterocycles. The smallest absolute Gasteiger partial charge is 0.274 e. The molecule has 0 aliphatic carbocycles. The summed E-state index contributed by atoms with van der Waals surface area (Å²) < 4.78 is 28.2. The van der Waals surface area contributed by atoms with Gasteiger partial charge in [0.25, 0.3) is 11.5 Å². The van der Waals surface area contributed by atoms with Crippen molar-refractivity contribution in [3.8, 4) is 0 Å². The molecule has 144 valence electrons. The molecule has 2 heterocycles. The van der Waals surface area contributed by atoms with Gasteiger partial charge >= 0.3 is 0 Å². The lowest BCUT2D eigenvalue weighted by atomic mass is 10.1. The number of nitrogens with zero attached hydrogens (tertiary/aromatic N) is 2. The van der Waals surface area contributed by atoms with Crippen molar-refractivity contribution in [2.75, 3.05) is 13.1 Å². The van der Waals surface area contributed by atoms with Crippen molar-refractivity contribution in [3.05, 3.63) is 57.5 Å². The number of carbonyl (C=O) groups excluding carboxylic acids is 1. The van der Waals surface area contributed by atoms with E-state index in [-0.39, 0.29) is 23.2 Å². The monoisotopic (exact) mass is 390 g/mol. The van der Waals surface area contributed by atoms with Gasteiger partial charge in [-0.1, -0.05) is 12.1 Å². The first kappa shape index (κ1) is 19.2. The number of benzene rings is 1. The van der Waals surface area contributed by atoms with Gasteiger partial charge in [-0.25, -0.2) is 18.2 Å². The van der Waals surface area contributed by atoms with Crippen molar-refractivity contribution in [1.29, 1.82) is 0 Å². The number of carbonyl (C=O) groups is 1. The number of likely N-dealkylation sites (tertiary alicyclic amines) is 1. The average molecular weight is 390 g/mol. The molecule has 1 aliphatic heterocycles. The molecule has 8 nitrogen and oxygen atoms in total. The zero-order chi connectivity index (χ0) is 19.6. The third-order valence-electron chi connectivity index (χ3n) is 4.64. The second kappa shape index (κ2) is 7.61. The Morgan fingerprint density at radius 1 is 1.19 bits per heavy atom. The summed E-state index contributed by atoms with van der Waals surface area (Å²) in [6.45, 7) is 4.46. The van der Waals surface area contributed by atoms with Gasteiger partial charge in [-0.05, 0) is 49.9 Å². The molecule has 2 aromatic rings. The zero-order valence-electron chi connectivity index (χ0n) is 15.2. The van der Waals surface area contributed by atoms with E-state index in [1.54, 1.807) is 24.0 Å². The van der Waals surface area contributed by atoms with Gasteiger partial charge in [0.05, 0.1) is 4.90 Å². The SMILES string of the molecule is Cc1ccc(C)c(S(=O)(=O)NC2CCN(C(=O)c3ccc(=O)[nH]n3)CC2)c1. The summed E-state index contributed by atoms with van der Waals surface area (Å²) in [4.78, 5) is 25.4. The number of hydrogen-bond acceptors (Lipinski definition) is 5. The van der Waals surface area contributed by atoms with Gasteiger partial charge in [-0.3, -0.25) is 9.59 Å². The number of amides is 1. The van der Waals surface area contributed by atoms with Crippen LogP contribution in [0, 0.1) is 13.8 Å². The summed E-state index contributed by atoms with van der Waals surface area (Å²) in [6.07, 6.45) is 1.03. The first-order valence-corrected chi connectivity index (χ1v) is 10.2. The predicted octanol–water partition coefficient (Wildman–Crippen LogP) is 0.970. The molecule has 1 aliphatic rings. The number of rotatable bonds is 4. The second-order valence-electron chi connectivity index (χ2n) is 6.76. The van der Waals surface area contributed by atoms with E-state index in [4.69, 9.17) is 0 Å². The number of sulfonamides is 1. The Bertz CT molecular complexity index is 988. The molecule has 0 saturated carbocycles. The molecule has 3 rings (SSSR count). The number of nitrogens with one attached hydrogen (secondary N) is 2. The molecular formula is C18H22N4O4S. The highest BCUT2D eigenvalue weighted by molar-refractivity contribution is 7.89. The van der Waals surface area contributed by atoms with Crippen molar-refractivity contribution in [2.24, 2.45) is 0 Å². The minimum atomic E-state index is -3.61. The summed E-state index contributed by atoms with van der Waals surface area (Å²) >= 11 is 0. The Morgan fingerprint density at radius 3 is 2.52 bits per heavy atom. The number of piperidine rings is 1. The summed E-state index contributed by atoms with van der Waals surface area (Å²) in [5, 5.41) is 5.99. The fraction of sp³-hybridized carbons (Fsp3) is 0.389. The summed E-state index contributed by atoms with van der Waals surface area (Å²) in [6, 6.07) is 7.74. The van der Waals surface area contributed by atoms with Crippen LogP contribution in [-0.4, -0.2) is 48.6 Å². The van der Waals surface area contributed by atoms with Crippen LogP contribution in [0.3, 0.4) is 0 Å². The van der Waals surface area contributed by atoms with Crippen molar-refractivity contribution < 1.29 is 13.2 Å². The van der Waals surface area contributed by atoms with Crippen molar-refractivity contribution >= 4 is 15.9 Å². The number of aryl methyl sites for hydroxylation is 2. The van der Waals surface area contributed by atoms with Crippen LogP contribution in [0.5, 0.6) is 0 Å². The molecule has 9 heteroatoms.